The van der Waals surface area contributed by atoms with Crippen LogP contribution in [0.25, 0.3) is 72.7 Å². The molecule has 0 atom stereocenters. The van der Waals surface area contributed by atoms with E-state index in [0.717, 1.165) is 92.6 Å². The van der Waals surface area contributed by atoms with E-state index in [9.17, 15) is 5.11 Å². The first kappa shape index (κ1) is 36.4. The number of aryl methyl sites for hydroxylation is 2. The molecular formula is C50H42N3OPt-. The molecule has 0 fully saturated rings. The van der Waals surface area contributed by atoms with Gasteiger partial charge in [-0.2, -0.15) is 0 Å². The van der Waals surface area contributed by atoms with Crippen LogP contribution < -0.4 is 0 Å². The van der Waals surface area contributed by atoms with Gasteiger partial charge in [0.05, 0.1) is 22.3 Å². The van der Waals surface area contributed by atoms with Crippen molar-refractivity contribution in [3.05, 3.63) is 168 Å². The molecule has 5 heteroatoms. The number of aromatic hydroxyl groups is 1. The molecule has 6 aromatic carbocycles. The number of para-hydroxylation sites is 1. The van der Waals surface area contributed by atoms with Crippen molar-refractivity contribution in [2.24, 2.45) is 0 Å². The predicted octanol–water partition coefficient (Wildman–Crippen LogP) is 12.4. The number of nitrogens with zero attached hydrogens (tertiary/aromatic N) is 3. The second-order valence-corrected chi connectivity index (χ2v) is 15.4. The average Bonchev–Trinajstić information content (AvgIpc) is 3.60. The third kappa shape index (κ3) is 6.96. The molecule has 0 saturated heterocycles. The Morgan fingerprint density at radius 2 is 1.31 bits per heavy atom. The SMILES string of the molecule is CC(C)(C)c1ccc(-n2c(-c3cc4c(cc3O)CCCC4)nc3c(-c4[c-]c(-c5ccccn5)cc(-c5ccccc5)c4)cccc32)c(-c2ccccc2)c1.[Pt]. The number of phenolic OH excluding ortho intramolecular Hbond substituents is 1. The first-order chi connectivity index (χ1) is 26.3. The zero-order chi connectivity index (χ0) is 36.8. The minimum absolute atomic E-state index is 0. The molecule has 0 saturated carbocycles. The van der Waals surface area contributed by atoms with E-state index in [1.807, 2.05) is 36.5 Å². The van der Waals surface area contributed by atoms with Crippen molar-refractivity contribution < 1.29 is 26.2 Å². The van der Waals surface area contributed by atoms with Gasteiger partial charge < -0.3 is 5.11 Å². The molecule has 1 aliphatic carbocycles. The minimum atomic E-state index is -0.0449. The third-order valence-electron chi connectivity index (χ3n) is 10.8. The van der Waals surface area contributed by atoms with Gasteiger partial charge in [0.1, 0.15) is 11.6 Å². The van der Waals surface area contributed by atoms with Crippen molar-refractivity contribution in [1.82, 2.24) is 14.5 Å². The zero-order valence-corrected chi connectivity index (χ0v) is 33.6. The smallest absolute Gasteiger partial charge is 0.148 e. The fourth-order valence-corrected chi connectivity index (χ4v) is 7.91. The Morgan fingerprint density at radius 3 is 2.02 bits per heavy atom. The van der Waals surface area contributed by atoms with Gasteiger partial charge in [0, 0.05) is 38.5 Å². The molecule has 55 heavy (non-hydrogen) atoms. The predicted molar refractivity (Wildman–Crippen MR) is 222 cm³/mol. The van der Waals surface area contributed by atoms with Gasteiger partial charge in [0.15, 0.2) is 0 Å². The number of imidazole rings is 1. The van der Waals surface area contributed by atoms with E-state index in [4.69, 9.17) is 9.97 Å². The van der Waals surface area contributed by atoms with E-state index in [0.29, 0.717) is 5.82 Å². The number of pyridine rings is 1. The molecule has 0 radical (unpaired) electrons. The third-order valence-corrected chi connectivity index (χ3v) is 10.8. The number of hydrogen-bond acceptors (Lipinski definition) is 3. The molecule has 0 amide bonds. The molecule has 0 aliphatic heterocycles. The summed E-state index contributed by atoms with van der Waals surface area (Å²) >= 11 is 0. The maximum atomic E-state index is 11.8. The molecule has 1 aliphatic rings. The summed E-state index contributed by atoms with van der Waals surface area (Å²) in [6, 6.07) is 52.5. The van der Waals surface area contributed by atoms with Gasteiger partial charge in [-0.1, -0.05) is 128 Å². The normalized spacial score (nSPS) is 12.6. The Labute approximate surface area is 337 Å². The maximum absolute atomic E-state index is 11.8. The van der Waals surface area contributed by atoms with E-state index in [-0.39, 0.29) is 32.2 Å². The van der Waals surface area contributed by atoms with Crippen LogP contribution in [0.15, 0.2) is 146 Å². The van der Waals surface area contributed by atoms with Crippen molar-refractivity contribution >= 4 is 11.0 Å². The number of benzene rings is 6. The summed E-state index contributed by atoms with van der Waals surface area (Å²) in [5.41, 5.74) is 15.4. The Balaban J connectivity index is 0.00000427. The maximum Gasteiger partial charge on any atom is 0.148 e. The molecule has 2 heterocycles. The number of rotatable bonds is 6. The number of hydrogen-bond donors (Lipinski definition) is 1. The Hall–Kier alpha value is -5.57. The summed E-state index contributed by atoms with van der Waals surface area (Å²) in [6.45, 7) is 6.77. The van der Waals surface area contributed by atoms with Gasteiger partial charge in [0.2, 0.25) is 0 Å². The van der Waals surface area contributed by atoms with Gasteiger partial charge in [-0.25, -0.2) is 4.98 Å². The second kappa shape index (κ2) is 14.9. The summed E-state index contributed by atoms with van der Waals surface area (Å²) in [6.07, 6.45) is 6.11. The summed E-state index contributed by atoms with van der Waals surface area (Å²) in [4.78, 5) is 10.2. The Bertz CT molecular complexity index is 2580. The van der Waals surface area contributed by atoms with Gasteiger partial charge >= 0.3 is 0 Å². The fraction of sp³-hybridized carbons (Fsp3) is 0.160. The van der Waals surface area contributed by atoms with E-state index in [2.05, 4.69) is 141 Å². The second-order valence-electron chi connectivity index (χ2n) is 15.4. The van der Waals surface area contributed by atoms with Crippen molar-refractivity contribution in [1.29, 1.82) is 0 Å². The van der Waals surface area contributed by atoms with Crippen molar-refractivity contribution in [3.63, 3.8) is 0 Å². The molecular weight excluding hydrogens is 854 g/mol. The number of fused-ring (bicyclic) bond motifs is 2. The van der Waals surface area contributed by atoms with Crippen LogP contribution in [0.1, 0.15) is 50.3 Å². The van der Waals surface area contributed by atoms with Gasteiger partial charge in [-0.15, -0.1) is 23.8 Å². The van der Waals surface area contributed by atoms with E-state index in [1.165, 1.54) is 16.7 Å². The largest absolute Gasteiger partial charge is 0.507 e. The number of aromatic nitrogens is 3. The first-order valence-corrected chi connectivity index (χ1v) is 18.9. The molecule has 1 N–H and O–H groups in total. The van der Waals surface area contributed by atoms with E-state index >= 15 is 0 Å². The van der Waals surface area contributed by atoms with Gasteiger partial charge in [0.25, 0.3) is 0 Å². The monoisotopic (exact) mass is 895 g/mol. The fourth-order valence-electron chi connectivity index (χ4n) is 7.91. The van der Waals surface area contributed by atoms with Crippen LogP contribution in [0.4, 0.5) is 0 Å². The molecule has 274 valence electrons. The van der Waals surface area contributed by atoms with Crippen LogP contribution in [0.3, 0.4) is 0 Å². The van der Waals surface area contributed by atoms with Crippen LogP contribution in [-0.4, -0.2) is 19.6 Å². The topological polar surface area (TPSA) is 50.9 Å². The standard InChI is InChI=1S/C50H42N3O.Pt/c1-50(2,3)40-24-25-45(42(32-40)34-17-8-5-9-18-34)53-46-23-14-21-41(48(46)52-49(53)43-30-35-19-10-11-20-36(35)31-47(43)54)38-27-37(33-15-6-4-7-16-33)28-39(29-38)44-22-12-13-26-51-44;/h4-9,12-18,21-28,30-32,54H,10-11,19-20H2,1-3H3;/q-1;. The summed E-state index contributed by atoms with van der Waals surface area (Å²) < 4.78 is 2.26. The van der Waals surface area contributed by atoms with Gasteiger partial charge in [-0.3, -0.25) is 9.55 Å². The molecule has 8 aromatic rings. The zero-order valence-electron chi connectivity index (χ0n) is 31.3. The van der Waals surface area contributed by atoms with Crippen molar-refractivity contribution in [2.45, 2.75) is 51.9 Å². The van der Waals surface area contributed by atoms with Crippen molar-refractivity contribution in [3.8, 4) is 67.5 Å². The molecule has 0 unspecified atom stereocenters. The summed E-state index contributed by atoms with van der Waals surface area (Å²) in [5.74, 6) is 0.976. The number of phenols is 1. The molecule has 0 spiro atoms. The molecule has 0 bridgehead atoms. The van der Waals surface area contributed by atoms with Crippen LogP contribution in [0.5, 0.6) is 5.75 Å². The minimum Gasteiger partial charge on any atom is -0.507 e. The molecule has 4 nitrogen and oxygen atoms in total. The molecule has 2 aromatic heterocycles. The van der Waals surface area contributed by atoms with Crippen LogP contribution >= 0.6 is 0 Å². The first-order valence-electron chi connectivity index (χ1n) is 18.9. The average molecular weight is 896 g/mol. The van der Waals surface area contributed by atoms with Crippen molar-refractivity contribution in [2.75, 3.05) is 0 Å². The van der Waals surface area contributed by atoms with Gasteiger partial charge in [-0.05, 0) is 95.3 Å². The van der Waals surface area contributed by atoms with Crippen LogP contribution in [-0.2, 0) is 39.3 Å². The quantitative estimate of drug-likeness (QED) is 0.169. The summed E-state index contributed by atoms with van der Waals surface area (Å²) in [5, 5.41) is 11.8. The Kier molecular flexibility index (Phi) is 9.88. The van der Waals surface area contributed by atoms with Crippen LogP contribution in [0, 0.1) is 6.07 Å². The van der Waals surface area contributed by atoms with E-state index in [1.54, 1.807) is 0 Å². The molecule has 9 rings (SSSR count). The summed E-state index contributed by atoms with van der Waals surface area (Å²) in [7, 11) is 0. The van der Waals surface area contributed by atoms with E-state index < -0.39 is 0 Å². The van der Waals surface area contributed by atoms with Crippen LogP contribution in [0.2, 0.25) is 0 Å². The Morgan fingerprint density at radius 1 is 0.618 bits per heavy atom.